The first kappa shape index (κ1) is 19.8. The molecule has 0 amide bonds. The lowest BCUT2D eigenvalue weighted by Gasteiger charge is -2.34. The lowest BCUT2D eigenvalue weighted by atomic mass is 10.2. The Labute approximate surface area is 166 Å². The molecule has 3 rings (SSSR count). The zero-order valence-electron chi connectivity index (χ0n) is 16.0. The van der Waals surface area contributed by atoms with Gasteiger partial charge in [-0.1, -0.05) is 11.6 Å². The number of anilines is 1. The van der Waals surface area contributed by atoms with E-state index in [0.29, 0.717) is 18.2 Å². The third-order valence-corrected chi connectivity index (χ3v) is 5.24. The minimum absolute atomic E-state index is 0.300. The van der Waals surface area contributed by atoms with Gasteiger partial charge in [-0.2, -0.15) is 0 Å². The summed E-state index contributed by atoms with van der Waals surface area (Å²) in [6.07, 6.45) is -0.484. The topological polar surface area (TPSA) is 46.4 Å². The normalized spacial score (nSPS) is 16.2. The van der Waals surface area contributed by atoms with Gasteiger partial charge in [0.2, 0.25) is 0 Å². The number of nitrogens with zero attached hydrogens (tertiary/aromatic N) is 1. The Morgan fingerprint density at radius 2 is 1.85 bits per heavy atom. The van der Waals surface area contributed by atoms with Gasteiger partial charge in [-0.05, 0) is 55.0 Å². The van der Waals surface area contributed by atoms with Crippen molar-refractivity contribution in [3.05, 3.63) is 53.1 Å². The van der Waals surface area contributed by atoms with Crippen LogP contribution in [0.2, 0.25) is 5.02 Å². The van der Waals surface area contributed by atoms with Crippen LogP contribution >= 0.6 is 11.6 Å². The Bertz CT molecular complexity index is 731. The van der Waals surface area contributed by atoms with Crippen molar-refractivity contribution in [1.29, 1.82) is 0 Å². The molecule has 0 bridgehead atoms. The Kier molecular flexibility index (Phi) is 6.83. The maximum absolute atomic E-state index is 10.3. The quantitative estimate of drug-likeness (QED) is 0.755. The molecule has 1 heterocycles. The van der Waals surface area contributed by atoms with Crippen molar-refractivity contribution in [2.45, 2.75) is 13.0 Å². The highest BCUT2D eigenvalue weighted by atomic mass is 35.5. The van der Waals surface area contributed by atoms with Crippen molar-refractivity contribution in [2.24, 2.45) is 0 Å². The van der Waals surface area contributed by atoms with E-state index in [4.69, 9.17) is 21.1 Å². The number of ether oxygens (including phenoxy) is 2. The molecule has 2 aromatic rings. The summed E-state index contributed by atoms with van der Waals surface area (Å²) in [4.78, 5) is 3.78. The molecule has 0 saturated carbocycles. The number of halogens is 1. The lowest BCUT2D eigenvalue weighted by Crippen LogP contribution is -3.16. The van der Waals surface area contributed by atoms with Gasteiger partial charge < -0.3 is 24.4 Å². The number of aliphatic hydroxyl groups excluding tert-OH is 1. The number of methoxy groups -OCH3 is 1. The summed E-state index contributed by atoms with van der Waals surface area (Å²) in [6, 6.07) is 13.7. The lowest BCUT2D eigenvalue weighted by molar-refractivity contribution is -0.903. The maximum Gasteiger partial charge on any atom is 0.137 e. The molecule has 146 valence electrons. The fourth-order valence-electron chi connectivity index (χ4n) is 3.43. The number of quaternary nitrogens is 1. The summed E-state index contributed by atoms with van der Waals surface area (Å²) in [5.74, 6) is 1.65. The van der Waals surface area contributed by atoms with Crippen LogP contribution in [0, 0.1) is 6.92 Å². The molecule has 27 heavy (non-hydrogen) atoms. The van der Waals surface area contributed by atoms with Crippen LogP contribution in [0.5, 0.6) is 11.5 Å². The van der Waals surface area contributed by atoms with Crippen molar-refractivity contribution in [3.8, 4) is 11.5 Å². The van der Waals surface area contributed by atoms with Crippen molar-refractivity contribution in [1.82, 2.24) is 0 Å². The van der Waals surface area contributed by atoms with Gasteiger partial charge >= 0.3 is 0 Å². The number of piperazine rings is 1. The molecule has 5 nitrogen and oxygen atoms in total. The second-order valence-electron chi connectivity index (χ2n) is 7.01. The van der Waals surface area contributed by atoms with Crippen molar-refractivity contribution in [3.63, 3.8) is 0 Å². The van der Waals surface area contributed by atoms with E-state index < -0.39 is 6.10 Å². The van der Waals surface area contributed by atoms with Crippen LogP contribution in [0.15, 0.2) is 42.5 Å². The minimum Gasteiger partial charge on any atom is -0.497 e. The molecule has 6 heteroatoms. The first-order valence-corrected chi connectivity index (χ1v) is 9.72. The molecule has 2 aromatic carbocycles. The van der Waals surface area contributed by atoms with Gasteiger partial charge in [0.25, 0.3) is 0 Å². The van der Waals surface area contributed by atoms with Gasteiger partial charge in [0.15, 0.2) is 0 Å². The summed E-state index contributed by atoms with van der Waals surface area (Å²) in [7, 11) is 1.68. The summed E-state index contributed by atoms with van der Waals surface area (Å²) < 4.78 is 11.0. The van der Waals surface area contributed by atoms with E-state index in [9.17, 15) is 5.11 Å². The number of nitrogens with one attached hydrogen (secondary N) is 1. The van der Waals surface area contributed by atoms with E-state index in [-0.39, 0.29) is 0 Å². The highest BCUT2D eigenvalue weighted by Crippen LogP contribution is 2.22. The van der Waals surface area contributed by atoms with Gasteiger partial charge in [0.05, 0.1) is 33.3 Å². The monoisotopic (exact) mass is 391 g/mol. The second-order valence-corrected chi connectivity index (χ2v) is 7.45. The zero-order valence-corrected chi connectivity index (χ0v) is 16.7. The highest BCUT2D eigenvalue weighted by Gasteiger charge is 2.23. The zero-order chi connectivity index (χ0) is 19.2. The number of benzene rings is 2. The molecule has 0 aromatic heterocycles. The average Bonchev–Trinajstić information content (AvgIpc) is 2.68. The largest absolute Gasteiger partial charge is 0.497 e. The summed E-state index contributed by atoms with van der Waals surface area (Å²) >= 11 is 5.96. The molecule has 0 unspecified atom stereocenters. The fourth-order valence-corrected chi connectivity index (χ4v) is 3.66. The van der Waals surface area contributed by atoms with Crippen LogP contribution in [-0.2, 0) is 0 Å². The first-order chi connectivity index (χ1) is 13.0. The first-order valence-electron chi connectivity index (χ1n) is 9.34. The Hall–Kier alpha value is -1.95. The molecule has 2 N–H and O–H groups in total. The number of rotatable bonds is 7. The van der Waals surface area contributed by atoms with E-state index in [1.54, 1.807) is 13.2 Å². The Morgan fingerprint density at radius 3 is 2.48 bits per heavy atom. The van der Waals surface area contributed by atoms with Crippen LogP contribution in [0.3, 0.4) is 0 Å². The van der Waals surface area contributed by atoms with Gasteiger partial charge in [-0.3, -0.25) is 0 Å². The van der Waals surface area contributed by atoms with E-state index in [1.807, 2.05) is 31.2 Å². The molecule has 0 aliphatic carbocycles. The molecule has 0 spiro atoms. The summed E-state index contributed by atoms with van der Waals surface area (Å²) in [5.41, 5.74) is 2.20. The van der Waals surface area contributed by atoms with Crippen LogP contribution < -0.4 is 19.3 Å². The molecular weight excluding hydrogens is 364 g/mol. The van der Waals surface area contributed by atoms with Crippen molar-refractivity contribution >= 4 is 17.3 Å². The number of aliphatic hydroxyl groups is 1. The van der Waals surface area contributed by atoms with Crippen LogP contribution in [0.25, 0.3) is 0 Å². The maximum atomic E-state index is 10.3. The SMILES string of the molecule is COc1ccc(N2CC[NH+](C[C@@H](O)COc3ccc(Cl)cc3C)CC2)cc1. The standard InChI is InChI=1S/C21H27ClN2O3/c1-16-13-17(22)3-8-21(16)27-15-19(25)14-23-9-11-24(12-10-23)18-4-6-20(26-2)7-5-18/h3-8,13,19,25H,9-12,14-15H2,1-2H3/p+1/t19-/m1/s1. The van der Waals surface area contributed by atoms with E-state index in [2.05, 4.69) is 17.0 Å². The second kappa shape index (κ2) is 9.31. The van der Waals surface area contributed by atoms with E-state index in [1.165, 1.54) is 10.6 Å². The third kappa shape index (κ3) is 5.51. The minimum atomic E-state index is -0.484. The molecular formula is C21H28ClN2O3+. The molecule has 1 saturated heterocycles. The average molecular weight is 392 g/mol. The van der Waals surface area contributed by atoms with Crippen LogP contribution in [0.4, 0.5) is 5.69 Å². The number of hydrogen-bond acceptors (Lipinski definition) is 4. The van der Waals surface area contributed by atoms with Crippen molar-refractivity contribution < 1.29 is 19.5 Å². The predicted molar refractivity (Wildman–Crippen MR) is 108 cm³/mol. The molecule has 1 atom stereocenters. The van der Waals surface area contributed by atoms with Gasteiger partial charge in [-0.15, -0.1) is 0 Å². The molecule has 1 fully saturated rings. The van der Waals surface area contributed by atoms with Crippen LogP contribution in [-0.4, -0.2) is 57.7 Å². The summed E-state index contributed by atoms with van der Waals surface area (Å²) in [6.45, 7) is 6.91. The molecule has 1 aliphatic rings. The fraction of sp³-hybridized carbons (Fsp3) is 0.429. The smallest absolute Gasteiger partial charge is 0.137 e. The van der Waals surface area contributed by atoms with Gasteiger partial charge in [0.1, 0.15) is 30.8 Å². The predicted octanol–water partition coefficient (Wildman–Crippen LogP) is 1.80. The highest BCUT2D eigenvalue weighted by molar-refractivity contribution is 6.30. The molecule has 0 radical (unpaired) electrons. The Balaban J connectivity index is 1.42. The van der Waals surface area contributed by atoms with E-state index >= 15 is 0 Å². The number of aryl methyl sites for hydroxylation is 1. The van der Waals surface area contributed by atoms with E-state index in [0.717, 1.165) is 43.2 Å². The van der Waals surface area contributed by atoms with Gasteiger partial charge in [-0.25, -0.2) is 0 Å². The van der Waals surface area contributed by atoms with Crippen LogP contribution in [0.1, 0.15) is 5.56 Å². The molecule has 1 aliphatic heterocycles. The third-order valence-electron chi connectivity index (χ3n) is 5.00. The summed E-state index contributed by atoms with van der Waals surface area (Å²) in [5, 5.41) is 11.0. The van der Waals surface area contributed by atoms with Gasteiger partial charge in [0, 0.05) is 10.7 Å². The number of hydrogen-bond donors (Lipinski definition) is 2. The Morgan fingerprint density at radius 1 is 1.15 bits per heavy atom. The van der Waals surface area contributed by atoms with Crippen molar-refractivity contribution in [2.75, 3.05) is 51.3 Å².